The Labute approximate surface area is 119 Å². The molecule has 1 aliphatic heterocycles. The largest absolute Gasteiger partial charge is 0.354 e. The van der Waals surface area contributed by atoms with Crippen molar-refractivity contribution in [2.24, 2.45) is 5.92 Å². The Balaban J connectivity index is 0.000000178. The summed E-state index contributed by atoms with van der Waals surface area (Å²) >= 11 is 0. The average Bonchev–Trinajstić information content (AvgIpc) is 2.97. The molecule has 0 atom stereocenters. The Bertz CT molecular complexity index is 480. The van der Waals surface area contributed by atoms with Crippen molar-refractivity contribution in [3.63, 3.8) is 0 Å². The summed E-state index contributed by atoms with van der Waals surface area (Å²) in [5.41, 5.74) is 0.503. The zero-order valence-electron chi connectivity index (χ0n) is 11.9. The maximum Gasteiger partial charge on any atom is 0.271 e. The molecule has 1 N–H and O–H groups in total. The van der Waals surface area contributed by atoms with E-state index < -0.39 is 0 Å². The molecular weight excluding hydrogens is 254 g/mol. The number of hydrogen-bond donors (Lipinski definition) is 1. The summed E-state index contributed by atoms with van der Waals surface area (Å²) in [6, 6.07) is 0. The fourth-order valence-electron chi connectivity index (χ4n) is 2.12. The van der Waals surface area contributed by atoms with Crippen LogP contribution in [0.4, 0.5) is 0 Å². The third kappa shape index (κ3) is 4.26. The highest BCUT2D eigenvalue weighted by atomic mass is 16.1. The van der Waals surface area contributed by atoms with Gasteiger partial charge in [0.25, 0.3) is 5.91 Å². The molecular formula is C14H21N5O. The fraction of sp³-hybridized carbons (Fsp3) is 0.643. The summed E-state index contributed by atoms with van der Waals surface area (Å²) < 4.78 is 1.99. The molecule has 0 aromatic carbocycles. The van der Waals surface area contributed by atoms with Gasteiger partial charge in [-0.3, -0.25) is 4.79 Å². The van der Waals surface area contributed by atoms with Crippen molar-refractivity contribution in [1.82, 2.24) is 19.8 Å². The van der Waals surface area contributed by atoms with Gasteiger partial charge < -0.3 is 14.8 Å². The molecule has 1 saturated carbocycles. The van der Waals surface area contributed by atoms with Gasteiger partial charge in [0.2, 0.25) is 0 Å². The van der Waals surface area contributed by atoms with Gasteiger partial charge in [-0.05, 0) is 31.6 Å². The van der Waals surface area contributed by atoms with Gasteiger partial charge in [0.1, 0.15) is 5.69 Å². The van der Waals surface area contributed by atoms with Gasteiger partial charge in [-0.2, -0.15) is 5.26 Å². The van der Waals surface area contributed by atoms with Crippen molar-refractivity contribution in [3.8, 4) is 6.19 Å². The molecule has 2 heterocycles. The smallest absolute Gasteiger partial charge is 0.271 e. The van der Waals surface area contributed by atoms with Crippen LogP contribution in [0.25, 0.3) is 0 Å². The number of amides is 1. The molecule has 6 nitrogen and oxygen atoms in total. The van der Waals surface area contributed by atoms with Gasteiger partial charge in [0, 0.05) is 32.9 Å². The van der Waals surface area contributed by atoms with Crippen LogP contribution in [-0.4, -0.2) is 40.5 Å². The maximum atomic E-state index is 11.1. The van der Waals surface area contributed by atoms with Crippen LogP contribution in [0.2, 0.25) is 0 Å². The number of nitrogens with one attached hydrogen (secondary N) is 1. The minimum Gasteiger partial charge on any atom is -0.354 e. The van der Waals surface area contributed by atoms with E-state index in [1.54, 1.807) is 24.5 Å². The van der Waals surface area contributed by atoms with E-state index in [-0.39, 0.29) is 5.91 Å². The molecule has 3 rings (SSSR count). The Morgan fingerprint density at radius 2 is 2.20 bits per heavy atom. The standard InChI is InChI=1S/C9H13N3O.C5H8N2/c1-10-9(13)8-5-12(6-11-8)4-7-2-3-7;6-5-7-3-1-2-4-7/h5-7H,2-4H2,1H3,(H,10,13);1-4H2. The van der Waals surface area contributed by atoms with Gasteiger partial charge in [-0.15, -0.1) is 0 Å². The SMILES string of the molecule is CNC(=O)c1cn(CC2CC2)cn1.N#CN1CCCC1. The second-order valence-corrected chi connectivity index (χ2v) is 5.27. The van der Waals surface area contributed by atoms with Crippen LogP contribution in [-0.2, 0) is 6.54 Å². The molecule has 1 aromatic heterocycles. The first-order valence-electron chi connectivity index (χ1n) is 7.11. The summed E-state index contributed by atoms with van der Waals surface area (Å²) in [4.78, 5) is 17.0. The predicted octanol–water partition coefficient (Wildman–Crippen LogP) is 1.22. The topological polar surface area (TPSA) is 74.0 Å². The molecule has 1 aliphatic carbocycles. The monoisotopic (exact) mass is 275 g/mol. The highest BCUT2D eigenvalue weighted by molar-refractivity contribution is 5.91. The maximum absolute atomic E-state index is 11.1. The molecule has 2 aliphatic rings. The van der Waals surface area contributed by atoms with Gasteiger partial charge in [0.05, 0.1) is 6.33 Å². The van der Waals surface area contributed by atoms with Crippen LogP contribution in [0.15, 0.2) is 12.5 Å². The average molecular weight is 275 g/mol. The van der Waals surface area contributed by atoms with E-state index in [0.29, 0.717) is 5.69 Å². The third-order valence-corrected chi connectivity index (χ3v) is 3.51. The molecule has 0 radical (unpaired) electrons. The second-order valence-electron chi connectivity index (χ2n) is 5.27. The molecule has 0 unspecified atom stereocenters. The molecule has 6 heteroatoms. The van der Waals surface area contributed by atoms with Gasteiger partial charge in [-0.25, -0.2) is 4.98 Å². The highest BCUT2D eigenvalue weighted by Crippen LogP contribution is 2.30. The van der Waals surface area contributed by atoms with Gasteiger partial charge in [0.15, 0.2) is 6.19 Å². The van der Waals surface area contributed by atoms with E-state index in [9.17, 15) is 4.79 Å². The number of nitriles is 1. The summed E-state index contributed by atoms with van der Waals surface area (Å²) in [5, 5.41) is 10.8. The van der Waals surface area contributed by atoms with E-state index in [0.717, 1.165) is 25.6 Å². The van der Waals surface area contributed by atoms with Crippen LogP contribution in [0, 0.1) is 17.4 Å². The quantitative estimate of drug-likeness (QED) is 0.842. The van der Waals surface area contributed by atoms with E-state index in [2.05, 4.69) is 16.5 Å². The number of rotatable bonds is 3. The summed E-state index contributed by atoms with van der Waals surface area (Å²) in [5.74, 6) is 0.696. The number of likely N-dealkylation sites (tertiary alicyclic amines) is 1. The van der Waals surface area contributed by atoms with Crippen molar-refractivity contribution < 1.29 is 4.79 Å². The summed E-state index contributed by atoms with van der Waals surface area (Å²) in [7, 11) is 1.61. The fourth-order valence-corrected chi connectivity index (χ4v) is 2.12. The number of imidazole rings is 1. The predicted molar refractivity (Wildman–Crippen MR) is 74.8 cm³/mol. The lowest BCUT2D eigenvalue weighted by molar-refractivity contribution is 0.0958. The van der Waals surface area contributed by atoms with E-state index in [1.807, 2.05) is 4.57 Å². The number of carbonyl (C=O) groups is 1. The zero-order chi connectivity index (χ0) is 14.4. The minimum atomic E-state index is -0.116. The number of nitrogens with zero attached hydrogens (tertiary/aromatic N) is 4. The molecule has 20 heavy (non-hydrogen) atoms. The number of carbonyl (C=O) groups excluding carboxylic acids is 1. The molecule has 0 bridgehead atoms. The molecule has 2 fully saturated rings. The van der Waals surface area contributed by atoms with Crippen molar-refractivity contribution in [2.45, 2.75) is 32.2 Å². The Hall–Kier alpha value is -2.03. The lowest BCUT2D eigenvalue weighted by Crippen LogP contribution is -2.18. The van der Waals surface area contributed by atoms with Crippen molar-refractivity contribution in [2.75, 3.05) is 20.1 Å². The number of aromatic nitrogens is 2. The van der Waals surface area contributed by atoms with Crippen LogP contribution >= 0.6 is 0 Å². The van der Waals surface area contributed by atoms with Crippen molar-refractivity contribution in [1.29, 1.82) is 5.26 Å². The molecule has 108 valence electrons. The lowest BCUT2D eigenvalue weighted by Gasteiger charge is -2.00. The minimum absolute atomic E-state index is 0.116. The third-order valence-electron chi connectivity index (χ3n) is 3.51. The van der Waals surface area contributed by atoms with E-state index in [1.165, 1.54) is 25.7 Å². The molecule has 1 amide bonds. The normalized spacial score (nSPS) is 17.1. The van der Waals surface area contributed by atoms with Gasteiger partial charge >= 0.3 is 0 Å². The first-order valence-corrected chi connectivity index (χ1v) is 7.11. The number of hydrogen-bond acceptors (Lipinski definition) is 4. The highest BCUT2D eigenvalue weighted by Gasteiger charge is 2.21. The Morgan fingerprint density at radius 1 is 1.50 bits per heavy atom. The van der Waals surface area contributed by atoms with Crippen molar-refractivity contribution in [3.05, 3.63) is 18.2 Å². The van der Waals surface area contributed by atoms with Gasteiger partial charge in [-0.1, -0.05) is 0 Å². The van der Waals surface area contributed by atoms with E-state index in [4.69, 9.17) is 5.26 Å². The van der Waals surface area contributed by atoms with Crippen molar-refractivity contribution >= 4 is 5.91 Å². The Morgan fingerprint density at radius 3 is 2.70 bits per heavy atom. The first-order chi connectivity index (χ1) is 9.72. The van der Waals surface area contributed by atoms with Crippen LogP contribution in [0.5, 0.6) is 0 Å². The molecule has 1 aromatic rings. The molecule has 1 saturated heterocycles. The zero-order valence-corrected chi connectivity index (χ0v) is 11.9. The van der Waals surface area contributed by atoms with Crippen LogP contribution < -0.4 is 5.32 Å². The van der Waals surface area contributed by atoms with E-state index >= 15 is 0 Å². The first kappa shape index (κ1) is 14.4. The summed E-state index contributed by atoms with van der Waals surface area (Å²) in [6.45, 7) is 2.97. The molecule has 0 spiro atoms. The lowest BCUT2D eigenvalue weighted by atomic mass is 10.4. The Kier molecular flexibility index (Phi) is 4.99. The van der Waals surface area contributed by atoms with Crippen LogP contribution in [0.1, 0.15) is 36.2 Å². The second kappa shape index (κ2) is 6.94. The summed E-state index contributed by atoms with van der Waals surface area (Å²) in [6.07, 6.45) is 10.7. The van der Waals surface area contributed by atoms with Crippen LogP contribution in [0.3, 0.4) is 0 Å².